The molecule has 0 saturated heterocycles. The van der Waals surface area contributed by atoms with Crippen LogP contribution in [0.2, 0.25) is 0 Å². The molecule has 0 saturated carbocycles. The Kier molecular flexibility index (Phi) is 36.8. The number of hydrogen-bond donors (Lipinski definition) is 2. The molecule has 0 aliphatic rings. The van der Waals surface area contributed by atoms with E-state index in [-0.39, 0.29) is 13.0 Å². The van der Waals surface area contributed by atoms with E-state index in [1.165, 1.54) is 122 Å². The van der Waals surface area contributed by atoms with Crippen LogP contribution in [-0.4, -0.2) is 35.1 Å². The van der Waals surface area contributed by atoms with Crippen molar-refractivity contribution in [1.82, 2.24) is 0 Å². The SMILES string of the molecule is CCCCC/C=C\C/C=C\CCCCCCCC(=O)O[C@H](CO/C=C\CCCCCCCCCCCCCCCCCC)COP(=O)(O)O. The summed E-state index contributed by atoms with van der Waals surface area (Å²) in [4.78, 5) is 30.5. The third-order valence-electron chi connectivity index (χ3n) is 8.76. The number of carbonyl (C=O) groups excluding carboxylic acids is 1. The lowest BCUT2D eigenvalue weighted by Gasteiger charge is -2.18. The van der Waals surface area contributed by atoms with E-state index in [0.717, 1.165) is 57.8 Å². The number of allylic oxidation sites excluding steroid dienone is 5. The van der Waals surface area contributed by atoms with E-state index in [1.54, 1.807) is 6.26 Å². The van der Waals surface area contributed by atoms with Crippen molar-refractivity contribution in [3.63, 3.8) is 0 Å². The zero-order valence-corrected chi connectivity index (χ0v) is 32.7. The molecule has 0 heterocycles. The summed E-state index contributed by atoms with van der Waals surface area (Å²) in [6.45, 7) is 4.08. The van der Waals surface area contributed by atoms with Crippen molar-refractivity contribution < 1.29 is 33.1 Å². The minimum atomic E-state index is -4.67. The van der Waals surface area contributed by atoms with Gasteiger partial charge in [0.25, 0.3) is 0 Å². The standard InChI is InChI=1S/C41H77O7P/c1-3-5-7-9-11-13-15-17-19-20-21-23-25-27-29-31-33-35-37-46-38-40(39-47-49(43,44)45)48-41(42)36-34-32-30-28-26-24-22-18-16-14-12-10-8-6-4-2/h12,14,18,22,35,37,40H,3-11,13,15-17,19-21,23-34,36,38-39H2,1-2H3,(H2,43,44,45)/b14-12-,22-18-,37-35-/t40-/m1/s1. The van der Waals surface area contributed by atoms with Crippen LogP contribution in [0.1, 0.15) is 200 Å². The fraction of sp³-hybridized carbons (Fsp3) is 0.829. The third kappa shape index (κ3) is 40.9. The van der Waals surface area contributed by atoms with Crippen LogP contribution < -0.4 is 0 Å². The van der Waals surface area contributed by atoms with Crippen LogP contribution >= 0.6 is 7.82 Å². The Bertz CT molecular complexity index is 836. The average molecular weight is 713 g/mol. The minimum absolute atomic E-state index is 0.0106. The van der Waals surface area contributed by atoms with E-state index in [9.17, 15) is 9.36 Å². The van der Waals surface area contributed by atoms with Gasteiger partial charge in [-0.25, -0.2) is 4.57 Å². The van der Waals surface area contributed by atoms with Crippen molar-refractivity contribution in [3.05, 3.63) is 36.6 Å². The fourth-order valence-electron chi connectivity index (χ4n) is 5.73. The van der Waals surface area contributed by atoms with Crippen molar-refractivity contribution in [2.45, 2.75) is 206 Å². The second-order valence-electron chi connectivity index (χ2n) is 13.7. The maximum absolute atomic E-state index is 12.4. The van der Waals surface area contributed by atoms with Crippen molar-refractivity contribution in [1.29, 1.82) is 0 Å². The molecule has 0 spiro atoms. The van der Waals surface area contributed by atoms with Gasteiger partial charge >= 0.3 is 13.8 Å². The Labute approximate surface area is 302 Å². The predicted molar refractivity (Wildman–Crippen MR) is 206 cm³/mol. The van der Waals surface area contributed by atoms with Crippen LogP contribution in [0.4, 0.5) is 0 Å². The summed E-state index contributed by atoms with van der Waals surface area (Å²) in [5, 5.41) is 0. The van der Waals surface area contributed by atoms with Gasteiger partial charge in [-0.1, -0.05) is 167 Å². The van der Waals surface area contributed by atoms with Gasteiger partial charge in [0.05, 0.1) is 12.9 Å². The summed E-state index contributed by atoms with van der Waals surface area (Å²) in [6.07, 6.45) is 46.6. The van der Waals surface area contributed by atoms with E-state index >= 15 is 0 Å². The highest BCUT2D eigenvalue weighted by Crippen LogP contribution is 2.36. The highest BCUT2D eigenvalue weighted by atomic mass is 31.2. The monoisotopic (exact) mass is 713 g/mol. The molecule has 0 aliphatic heterocycles. The maximum atomic E-state index is 12.4. The number of phosphoric acid groups is 1. The molecule has 0 fully saturated rings. The first kappa shape index (κ1) is 47.6. The summed E-state index contributed by atoms with van der Waals surface area (Å²) in [5.74, 6) is -0.397. The molecule has 0 amide bonds. The number of hydrogen-bond acceptors (Lipinski definition) is 5. The van der Waals surface area contributed by atoms with E-state index in [2.05, 4.69) is 42.7 Å². The molecule has 0 rings (SSSR count). The number of carbonyl (C=O) groups is 1. The van der Waals surface area contributed by atoms with Gasteiger partial charge in [-0.2, -0.15) is 0 Å². The van der Waals surface area contributed by atoms with E-state index < -0.39 is 26.5 Å². The Morgan fingerprint density at radius 2 is 0.959 bits per heavy atom. The van der Waals surface area contributed by atoms with Gasteiger partial charge in [-0.05, 0) is 57.4 Å². The minimum Gasteiger partial charge on any atom is -0.498 e. The van der Waals surface area contributed by atoms with Gasteiger partial charge in [0, 0.05) is 6.42 Å². The largest absolute Gasteiger partial charge is 0.498 e. The molecule has 0 aliphatic carbocycles. The Morgan fingerprint density at radius 3 is 1.45 bits per heavy atom. The highest BCUT2D eigenvalue weighted by Gasteiger charge is 2.21. The van der Waals surface area contributed by atoms with Crippen molar-refractivity contribution in [3.8, 4) is 0 Å². The summed E-state index contributed by atoms with van der Waals surface area (Å²) in [6, 6.07) is 0. The van der Waals surface area contributed by atoms with Crippen molar-refractivity contribution in [2.75, 3.05) is 13.2 Å². The lowest BCUT2D eigenvalue weighted by Crippen LogP contribution is -2.27. The molecule has 288 valence electrons. The quantitative estimate of drug-likeness (QED) is 0.0216. The lowest BCUT2D eigenvalue weighted by molar-refractivity contribution is -0.153. The topological polar surface area (TPSA) is 102 Å². The number of ether oxygens (including phenoxy) is 2. The van der Waals surface area contributed by atoms with Crippen LogP contribution in [-0.2, 0) is 23.4 Å². The zero-order valence-electron chi connectivity index (χ0n) is 31.8. The van der Waals surface area contributed by atoms with Gasteiger partial charge < -0.3 is 19.3 Å². The van der Waals surface area contributed by atoms with Crippen LogP contribution in [0.5, 0.6) is 0 Å². The molecule has 0 bridgehead atoms. The number of phosphoric ester groups is 1. The van der Waals surface area contributed by atoms with E-state index in [0.29, 0.717) is 0 Å². The Morgan fingerprint density at radius 1 is 0.551 bits per heavy atom. The van der Waals surface area contributed by atoms with E-state index in [4.69, 9.17) is 19.3 Å². The van der Waals surface area contributed by atoms with Crippen LogP contribution in [0.25, 0.3) is 0 Å². The second kappa shape index (κ2) is 37.8. The van der Waals surface area contributed by atoms with Crippen LogP contribution in [0.3, 0.4) is 0 Å². The molecular weight excluding hydrogens is 635 g/mol. The summed E-state index contributed by atoms with van der Waals surface area (Å²) in [5.41, 5.74) is 0. The van der Waals surface area contributed by atoms with E-state index in [1.807, 2.05) is 6.08 Å². The molecule has 0 radical (unpaired) electrons. The Balaban J connectivity index is 3.86. The molecule has 8 heteroatoms. The number of esters is 1. The second-order valence-corrected chi connectivity index (χ2v) is 14.9. The summed E-state index contributed by atoms with van der Waals surface area (Å²) < 4.78 is 26.7. The molecule has 0 aromatic carbocycles. The molecule has 0 aromatic heterocycles. The van der Waals surface area contributed by atoms with Gasteiger partial charge in [0.2, 0.25) is 0 Å². The first-order valence-electron chi connectivity index (χ1n) is 20.3. The van der Waals surface area contributed by atoms with Crippen LogP contribution in [0, 0.1) is 0 Å². The lowest BCUT2D eigenvalue weighted by atomic mass is 10.0. The normalized spacial score (nSPS) is 12.9. The summed E-state index contributed by atoms with van der Waals surface area (Å²) >= 11 is 0. The average Bonchev–Trinajstić information content (AvgIpc) is 3.07. The summed E-state index contributed by atoms with van der Waals surface area (Å²) in [7, 11) is -4.67. The first-order valence-corrected chi connectivity index (χ1v) is 21.9. The highest BCUT2D eigenvalue weighted by molar-refractivity contribution is 7.46. The molecular formula is C41H77O7P. The van der Waals surface area contributed by atoms with Crippen LogP contribution in [0.15, 0.2) is 36.6 Å². The molecule has 7 nitrogen and oxygen atoms in total. The molecule has 49 heavy (non-hydrogen) atoms. The Hall–Kier alpha value is -1.40. The molecule has 0 unspecified atom stereocenters. The van der Waals surface area contributed by atoms with Gasteiger partial charge in [0.1, 0.15) is 6.61 Å². The smallest absolute Gasteiger partial charge is 0.469 e. The molecule has 1 atom stereocenters. The first-order chi connectivity index (χ1) is 23.9. The van der Waals surface area contributed by atoms with Crippen molar-refractivity contribution in [2.24, 2.45) is 0 Å². The van der Waals surface area contributed by atoms with Gasteiger partial charge in [-0.3, -0.25) is 9.32 Å². The van der Waals surface area contributed by atoms with Crippen molar-refractivity contribution >= 4 is 13.8 Å². The van der Waals surface area contributed by atoms with Gasteiger partial charge in [-0.15, -0.1) is 0 Å². The fourth-order valence-corrected chi connectivity index (χ4v) is 6.09. The number of unbranched alkanes of at least 4 members (excludes halogenated alkanes) is 24. The third-order valence-corrected chi connectivity index (χ3v) is 9.24. The maximum Gasteiger partial charge on any atom is 0.469 e. The molecule has 2 N–H and O–H groups in total. The predicted octanol–water partition coefficient (Wildman–Crippen LogP) is 13.0. The molecule has 0 aromatic rings. The zero-order chi connectivity index (χ0) is 35.9. The van der Waals surface area contributed by atoms with Gasteiger partial charge in [0.15, 0.2) is 6.10 Å². The number of rotatable bonds is 38.